The van der Waals surface area contributed by atoms with Crippen LogP contribution in [0.4, 0.5) is 13.2 Å². The number of rotatable bonds is 2. The van der Waals surface area contributed by atoms with E-state index in [0.29, 0.717) is 5.69 Å². The van der Waals surface area contributed by atoms with E-state index in [2.05, 4.69) is 5.10 Å². The molecule has 2 rings (SSSR count). The van der Waals surface area contributed by atoms with Crippen LogP contribution in [0.25, 0.3) is 5.69 Å². The van der Waals surface area contributed by atoms with Crippen LogP contribution < -0.4 is 5.73 Å². The molecule has 0 atom stereocenters. The maximum absolute atomic E-state index is 12.7. The summed E-state index contributed by atoms with van der Waals surface area (Å²) in [5, 5.41) is 3.36. The van der Waals surface area contributed by atoms with Gasteiger partial charge in [-0.25, -0.2) is 4.68 Å². The number of para-hydroxylation sites is 1. The second kappa shape index (κ2) is 4.17. The van der Waals surface area contributed by atoms with Gasteiger partial charge >= 0.3 is 6.18 Å². The highest BCUT2D eigenvalue weighted by Gasteiger charge is 2.38. The number of nitrogens with zero attached hydrogens (tertiary/aromatic N) is 2. The highest BCUT2D eigenvalue weighted by Crippen LogP contribution is 2.31. The third-order valence-corrected chi connectivity index (χ3v) is 2.27. The summed E-state index contributed by atoms with van der Waals surface area (Å²) in [5.74, 6) is -1.16. The van der Waals surface area contributed by atoms with Gasteiger partial charge in [0.2, 0.25) is 0 Å². The molecule has 1 heterocycles. The molecule has 0 radical (unpaired) electrons. The van der Waals surface area contributed by atoms with Crippen LogP contribution in [-0.4, -0.2) is 15.7 Å². The summed E-state index contributed by atoms with van der Waals surface area (Å²) in [6, 6.07) is 8.14. The van der Waals surface area contributed by atoms with Gasteiger partial charge in [0.1, 0.15) is 0 Å². The third kappa shape index (κ3) is 2.20. The average Bonchev–Trinajstić information content (AvgIpc) is 2.74. The number of hydrogen-bond acceptors (Lipinski definition) is 2. The number of benzene rings is 1. The van der Waals surface area contributed by atoms with Crippen molar-refractivity contribution in [3.63, 3.8) is 0 Å². The number of hydrogen-bond donors (Lipinski definition) is 1. The lowest BCUT2D eigenvalue weighted by atomic mass is 10.2. The Kier molecular flexibility index (Phi) is 2.82. The Hall–Kier alpha value is -2.31. The smallest absolute Gasteiger partial charge is 0.365 e. The standard InChI is InChI=1S/C11H8F3N3O/c12-11(13,14)9-8(10(15)18)6-17(16-9)7-4-2-1-3-5-7/h1-6H,(H2,15,18). The van der Waals surface area contributed by atoms with Gasteiger partial charge in [0, 0.05) is 6.20 Å². The van der Waals surface area contributed by atoms with E-state index < -0.39 is 23.3 Å². The van der Waals surface area contributed by atoms with Gasteiger partial charge in [-0.3, -0.25) is 4.79 Å². The lowest BCUT2D eigenvalue weighted by Gasteiger charge is -2.03. The molecular formula is C11H8F3N3O. The third-order valence-electron chi connectivity index (χ3n) is 2.27. The molecular weight excluding hydrogens is 247 g/mol. The molecule has 2 aromatic rings. The number of aromatic nitrogens is 2. The average molecular weight is 255 g/mol. The molecule has 0 aliphatic carbocycles. The summed E-state index contributed by atoms with van der Waals surface area (Å²) in [6.07, 6.45) is -3.75. The molecule has 0 aliphatic rings. The van der Waals surface area contributed by atoms with E-state index in [1.807, 2.05) is 0 Å². The second-order valence-corrected chi connectivity index (χ2v) is 3.53. The van der Waals surface area contributed by atoms with E-state index in [1.165, 1.54) is 0 Å². The van der Waals surface area contributed by atoms with Crippen molar-refractivity contribution in [3.8, 4) is 5.69 Å². The summed E-state index contributed by atoms with van der Waals surface area (Å²) < 4.78 is 38.9. The molecule has 7 heteroatoms. The molecule has 0 aliphatic heterocycles. The van der Waals surface area contributed by atoms with Crippen LogP contribution in [-0.2, 0) is 6.18 Å². The first-order valence-corrected chi connectivity index (χ1v) is 4.91. The van der Waals surface area contributed by atoms with Crippen molar-refractivity contribution in [2.75, 3.05) is 0 Å². The Morgan fingerprint density at radius 1 is 1.22 bits per heavy atom. The van der Waals surface area contributed by atoms with Gasteiger partial charge in [-0.2, -0.15) is 18.3 Å². The predicted octanol–water partition coefficient (Wildman–Crippen LogP) is 1.99. The molecule has 1 amide bonds. The first-order chi connectivity index (χ1) is 8.39. The largest absolute Gasteiger partial charge is 0.435 e. The summed E-state index contributed by atoms with van der Waals surface area (Å²) in [6.45, 7) is 0. The van der Waals surface area contributed by atoms with Crippen molar-refractivity contribution in [1.29, 1.82) is 0 Å². The molecule has 18 heavy (non-hydrogen) atoms. The number of halogens is 3. The zero-order valence-corrected chi connectivity index (χ0v) is 8.98. The second-order valence-electron chi connectivity index (χ2n) is 3.53. The normalized spacial score (nSPS) is 11.5. The van der Waals surface area contributed by atoms with Gasteiger partial charge in [0.05, 0.1) is 11.3 Å². The van der Waals surface area contributed by atoms with Crippen LogP contribution in [0.1, 0.15) is 16.1 Å². The van der Waals surface area contributed by atoms with Crippen LogP contribution in [0.3, 0.4) is 0 Å². The van der Waals surface area contributed by atoms with Crippen molar-refractivity contribution in [3.05, 3.63) is 47.8 Å². The fourth-order valence-electron chi connectivity index (χ4n) is 1.48. The van der Waals surface area contributed by atoms with Gasteiger partial charge in [-0.15, -0.1) is 0 Å². The van der Waals surface area contributed by atoms with E-state index in [4.69, 9.17) is 5.73 Å². The molecule has 0 spiro atoms. The monoisotopic (exact) mass is 255 g/mol. The Morgan fingerprint density at radius 2 is 1.83 bits per heavy atom. The molecule has 0 saturated heterocycles. The Bertz CT molecular complexity index is 575. The number of alkyl halides is 3. The van der Waals surface area contributed by atoms with Crippen LogP contribution in [0.2, 0.25) is 0 Å². The Morgan fingerprint density at radius 3 is 2.28 bits per heavy atom. The summed E-state index contributed by atoms with van der Waals surface area (Å²) in [5.41, 5.74) is 3.40. The van der Waals surface area contributed by atoms with Gasteiger partial charge in [0.25, 0.3) is 5.91 Å². The quantitative estimate of drug-likeness (QED) is 0.892. The van der Waals surface area contributed by atoms with Gasteiger partial charge < -0.3 is 5.73 Å². The Balaban J connectivity index is 2.57. The minimum atomic E-state index is -4.72. The van der Waals surface area contributed by atoms with Crippen LogP contribution >= 0.6 is 0 Å². The van der Waals surface area contributed by atoms with Gasteiger partial charge in [-0.05, 0) is 12.1 Å². The lowest BCUT2D eigenvalue weighted by molar-refractivity contribution is -0.141. The highest BCUT2D eigenvalue weighted by molar-refractivity contribution is 5.94. The number of carbonyl (C=O) groups is 1. The van der Waals surface area contributed by atoms with E-state index in [1.54, 1.807) is 30.3 Å². The molecule has 1 aromatic heterocycles. The molecule has 0 saturated carbocycles. The van der Waals surface area contributed by atoms with Crippen molar-refractivity contribution >= 4 is 5.91 Å². The summed E-state index contributed by atoms with van der Waals surface area (Å²) in [4.78, 5) is 11.0. The van der Waals surface area contributed by atoms with E-state index in [9.17, 15) is 18.0 Å². The number of amides is 1. The topological polar surface area (TPSA) is 60.9 Å². The number of primary amides is 1. The molecule has 0 bridgehead atoms. The maximum Gasteiger partial charge on any atom is 0.435 e. The Labute approximate surface area is 99.8 Å². The first kappa shape index (κ1) is 12.2. The fraction of sp³-hybridized carbons (Fsp3) is 0.0909. The summed E-state index contributed by atoms with van der Waals surface area (Å²) >= 11 is 0. The van der Waals surface area contributed by atoms with Crippen LogP contribution in [0, 0.1) is 0 Å². The van der Waals surface area contributed by atoms with Crippen molar-refractivity contribution in [1.82, 2.24) is 9.78 Å². The van der Waals surface area contributed by atoms with Gasteiger partial charge in [-0.1, -0.05) is 18.2 Å². The lowest BCUT2D eigenvalue weighted by Crippen LogP contribution is -2.17. The minimum absolute atomic E-state index is 0.413. The SMILES string of the molecule is NC(=O)c1cn(-c2ccccc2)nc1C(F)(F)F. The molecule has 94 valence electrons. The van der Waals surface area contributed by atoms with E-state index in [0.717, 1.165) is 10.9 Å². The van der Waals surface area contributed by atoms with Crippen molar-refractivity contribution < 1.29 is 18.0 Å². The van der Waals surface area contributed by atoms with Crippen LogP contribution in [0.15, 0.2) is 36.5 Å². The predicted molar refractivity (Wildman–Crippen MR) is 57.1 cm³/mol. The van der Waals surface area contributed by atoms with Crippen molar-refractivity contribution in [2.24, 2.45) is 5.73 Å². The molecule has 0 fully saturated rings. The minimum Gasteiger partial charge on any atom is -0.365 e. The van der Waals surface area contributed by atoms with Crippen LogP contribution in [0.5, 0.6) is 0 Å². The zero-order chi connectivity index (χ0) is 13.3. The molecule has 1 aromatic carbocycles. The highest BCUT2D eigenvalue weighted by atomic mass is 19.4. The fourth-order valence-corrected chi connectivity index (χ4v) is 1.48. The summed E-state index contributed by atoms with van der Waals surface area (Å²) in [7, 11) is 0. The number of carbonyl (C=O) groups excluding carboxylic acids is 1. The first-order valence-electron chi connectivity index (χ1n) is 4.91. The molecule has 0 unspecified atom stereocenters. The van der Waals surface area contributed by atoms with E-state index in [-0.39, 0.29) is 0 Å². The van der Waals surface area contributed by atoms with E-state index >= 15 is 0 Å². The van der Waals surface area contributed by atoms with Crippen molar-refractivity contribution in [2.45, 2.75) is 6.18 Å². The van der Waals surface area contributed by atoms with Gasteiger partial charge in [0.15, 0.2) is 5.69 Å². The molecule has 4 nitrogen and oxygen atoms in total. The number of nitrogens with two attached hydrogens (primary N) is 1. The molecule has 2 N–H and O–H groups in total. The maximum atomic E-state index is 12.7. The zero-order valence-electron chi connectivity index (χ0n) is 8.98.